The molecule has 5 nitrogen and oxygen atoms in total. The van der Waals surface area contributed by atoms with Crippen LogP contribution in [0.15, 0.2) is 0 Å². The van der Waals surface area contributed by atoms with Crippen molar-refractivity contribution in [2.24, 2.45) is 5.41 Å². The van der Waals surface area contributed by atoms with Crippen LogP contribution in [0, 0.1) is 5.41 Å². The Morgan fingerprint density at radius 3 is 2.48 bits per heavy atom. The highest BCUT2D eigenvalue weighted by Gasteiger charge is 2.57. The van der Waals surface area contributed by atoms with E-state index in [0.29, 0.717) is 19.5 Å². The van der Waals surface area contributed by atoms with Gasteiger partial charge in [-0.05, 0) is 41.0 Å². The van der Waals surface area contributed by atoms with Gasteiger partial charge in [0, 0.05) is 26.2 Å². The number of likely N-dealkylation sites (N-methyl/N-ethyl adjacent to an activating group) is 1. The molecule has 0 bridgehead atoms. The van der Waals surface area contributed by atoms with Gasteiger partial charge in [-0.15, -0.1) is 0 Å². The number of nitrogens with one attached hydrogen (secondary N) is 1. The van der Waals surface area contributed by atoms with E-state index in [4.69, 9.17) is 4.74 Å². The summed E-state index contributed by atoms with van der Waals surface area (Å²) in [5.41, 5.74) is -1.26. The Morgan fingerprint density at radius 2 is 1.91 bits per heavy atom. The van der Waals surface area contributed by atoms with Crippen molar-refractivity contribution in [2.75, 3.05) is 26.7 Å². The maximum Gasteiger partial charge on any atom is 0.312 e. The normalized spacial score (nSPS) is 28.9. The van der Waals surface area contributed by atoms with E-state index in [2.05, 4.69) is 5.32 Å². The molecule has 0 aliphatic carbocycles. The molecule has 2 saturated heterocycles. The van der Waals surface area contributed by atoms with Crippen LogP contribution in [0.2, 0.25) is 0 Å². The first-order valence-electron chi connectivity index (χ1n) is 8.16. The Morgan fingerprint density at radius 1 is 1.30 bits per heavy atom. The lowest BCUT2D eigenvalue weighted by Gasteiger charge is -2.35. The minimum atomic E-state index is -2.74. The van der Waals surface area contributed by atoms with Crippen LogP contribution in [0.1, 0.15) is 41.0 Å². The summed E-state index contributed by atoms with van der Waals surface area (Å²) in [6.45, 7) is 9.77. The summed E-state index contributed by atoms with van der Waals surface area (Å²) < 4.78 is 33.6. The van der Waals surface area contributed by atoms with Crippen molar-refractivity contribution in [3.8, 4) is 0 Å². The van der Waals surface area contributed by atoms with Crippen LogP contribution in [0.25, 0.3) is 0 Å². The largest absolute Gasteiger partial charge is 0.460 e. The molecular formula is C16H29F2N3O2. The quantitative estimate of drug-likeness (QED) is 0.796. The van der Waals surface area contributed by atoms with Crippen LogP contribution in [-0.4, -0.2) is 66.3 Å². The minimum Gasteiger partial charge on any atom is -0.460 e. The molecule has 2 fully saturated rings. The van der Waals surface area contributed by atoms with Crippen LogP contribution in [0.4, 0.5) is 8.78 Å². The predicted molar refractivity (Wildman–Crippen MR) is 84.1 cm³/mol. The maximum absolute atomic E-state index is 14.1. The predicted octanol–water partition coefficient (Wildman–Crippen LogP) is 1.88. The van der Waals surface area contributed by atoms with E-state index in [9.17, 15) is 13.6 Å². The van der Waals surface area contributed by atoms with Crippen molar-refractivity contribution < 1.29 is 18.3 Å². The molecule has 2 aliphatic rings. The highest BCUT2D eigenvalue weighted by atomic mass is 19.3. The summed E-state index contributed by atoms with van der Waals surface area (Å²) in [6, 6.07) is -1.05. The molecule has 23 heavy (non-hydrogen) atoms. The van der Waals surface area contributed by atoms with E-state index >= 15 is 0 Å². The number of carbonyl (C=O) groups is 1. The van der Waals surface area contributed by atoms with Gasteiger partial charge in [0.15, 0.2) is 0 Å². The molecular weight excluding hydrogens is 304 g/mol. The van der Waals surface area contributed by atoms with Crippen LogP contribution >= 0.6 is 0 Å². The number of fused-ring (bicyclic) bond motifs is 1. The standard InChI is InChI=1S/C16H29F2N3O2/c1-14(2,3)23-13(22)15(4,5)7-8-21-12-11(9-20(21)6)19-10-16(12,17)18/h11-12,19H,7-10H2,1-6H3. The molecule has 2 unspecified atom stereocenters. The van der Waals surface area contributed by atoms with Gasteiger partial charge in [-0.25, -0.2) is 18.8 Å². The second-order valence-corrected chi connectivity index (χ2v) is 8.33. The molecule has 2 atom stereocenters. The summed E-state index contributed by atoms with van der Waals surface area (Å²) in [6.07, 6.45) is 0.464. The van der Waals surface area contributed by atoms with Crippen molar-refractivity contribution in [1.29, 1.82) is 0 Å². The highest BCUT2D eigenvalue weighted by Crippen LogP contribution is 2.37. The third-order valence-electron chi connectivity index (χ3n) is 4.55. The Labute approximate surface area is 137 Å². The average Bonchev–Trinajstić information content (AvgIpc) is 2.82. The number of carbonyl (C=O) groups excluding carboxylic acids is 1. The first-order valence-corrected chi connectivity index (χ1v) is 8.16. The van der Waals surface area contributed by atoms with Gasteiger partial charge < -0.3 is 10.1 Å². The number of hydrogen-bond donors (Lipinski definition) is 1. The first-order chi connectivity index (χ1) is 10.3. The SMILES string of the molecule is CN1CC2NCC(F)(F)C2N1CCC(C)(C)C(=O)OC(C)(C)C. The number of esters is 1. The van der Waals surface area contributed by atoms with Crippen LogP contribution in [0.3, 0.4) is 0 Å². The van der Waals surface area contributed by atoms with E-state index in [-0.39, 0.29) is 18.6 Å². The Balaban J connectivity index is 2.00. The van der Waals surface area contributed by atoms with Gasteiger partial charge in [-0.2, -0.15) is 0 Å². The molecule has 134 valence electrons. The molecule has 0 aromatic carbocycles. The van der Waals surface area contributed by atoms with Crippen molar-refractivity contribution in [1.82, 2.24) is 15.3 Å². The van der Waals surface area contributed by atoms with Crippen LogP contribution < -0.4 is 5.32 Å². The zero-order valence-electron chi connectivity index (χ0n) is 14.9. The van der Waals surface area contributed by atoms with E-state index in [1.54, 1.807) is 18.9 Å². The maximum atomic E-state index is 14.1. The second-order valence-electron chi connectivity index (χ2n) is 8.33. The number of ether oxygens (including phenoxy) is 1. The molecule has 1 N–H and O–H groups in total. The van der Waals surface area contributed by atoms with Crippen molar-refractivity contribution in [3.05, 3.63) is 0 Å². The van der Waals surface area contributed by atoms with E-state index in [1.165, 1.54) is 0 Å². The van der Waals surface area contributed by atoms with Gasteiger partial charge >= 0.3 is 5.97 Å². The summed E-state index contributed by atoms with van der Waals surface area (Å²) in [5.74, 6) is -3.04. The Kier molecular flexibility index (Phi) is 4.78. The molecule has 0 amide bonds. The second kappa shape index (κ2) is 5.93. The molecule has 7 heteroatoms. The summed E-state index contributed by atoms with van der Waals surface area (Å²) >= 11 is 0. The van der Waals surface area contributed by atoms with Crippen LogP contribution in [-0.2, 0) is 9.53 Å². The van der Waals surface area contributed by atoms with E-state index < -0.39 is 23.0 Å². The first kappa shape index (κ1) is 18.5. The number of hydrazine groups is 1. The number of rotatable bonds is 4. The monoisotopic (exact) mass is 333 g/mol. The summed E-state index contributed by atoms with van der Waals surface area (Å²) in [5, 5.41) is 6.43. The van der Waals surface area contributed by atoms with Gasteiger partial charge in [0.2, 0.25) is 0 Å². The fourth-order valence-electron chi connectivity index (χ4n) is 3.19. The average molecular weight is 333 g/mol. The van der Waals surface area contributed by atoms with Gasteiger partial charge in [-0.3, -0.25) is 4.79 Å². The van der Waals surface area contributed by atoms with Crippen molar-refractivity contribution in [3.63, 3.8) is 0 Å². The van der Waals surface area contributed by atoms with E-state index in [0.717, 1.165) is 0 Å². The molecule has 2 heterocycles. The molecule has 2 rings (SSSR count). The lowest BCUT2D eigenvalue weighted by Crippen LogP contribution is -2.50. The summed E-state index contributed by atoms with van der Waals surface area (Å²) in [7, 11) is 1.82. The number of alkyl halides is 2. The lowest BCUT2D eigenvalue weighted by atomic mass is 9.89. The van der Waals surface area contributed by atoms with Crippen LogP contribution in [0.5, 0.6) is 0 Å². The summed E-state index contributed by atoms with van der Waals surface area (Å²) in [4.78, 5) is 12.3. The topological polar surface area (TPSA) is 44.8 Å². The molecule has 0 aromatic rings. The number of halogens is 2. The zero-order valence-corrected chi connectivity index (χ0v) is 14.9. The Hall–Kier alpha value is -0.790. The molecule has 2 aliphatic heterocycles. The van der Waals surface area contributed by atoms with Gasteiger partial charge in [0.05, 0.1) is 12.0 Å². The third kappa shape index (κ3) is 4.00. The molecule has 0 spiro atoms. The molecule has 0 aromatic heterocycles. The van der Waals surface area contributed by atoms with E-state index in [1.807, 2.05) is 32.8 Å². The Bertz CT molecular complexity index is 463. The van der Waals surface area contributed by atoms with Gasteiger partial charge in [0.25, 0.3) is 5.92 Å². The van der Waals surface area contributed by atoms with Crippen molar-refractivity contribution >= 4 is 5.97 Å². The lowest BCUT2D eigenvalue weighted by molar-refractivity contribution is -0.167. The number of hydrogen-bond acceptors (Lipinski definition) is 5. The molecule has 0 radical (unpaired) electrons. The van der Waals surface area contributed by atoms with Gasteiger partial charge in [-0.1, -0.05) is 0 Å². The fraction of sp³-hybridized carbons (Fsp3) is 0.938. The minimum absolute atomic E-state index is 0.223. The third-order valence-corrected chi connectivity index (χ3v) is 4.55. The smallest absolute Gasteiger partial charge is 0.312 e. The fourth-order valence-corrected chi connectivity index (χ4v) is 3.19. The van der Waals surface area contributed by atoms with Gasteiger partial charge in [0.1, 0.15) is 11.6 Å². The zero-order chi connectivity index (χ0) is 17.6. The van der Waals surface area contributed by atoms with Crippen molar-refractivity contribution in [2.45, 2.75) is 64.6 Å². The molecule has 0 saturated carbocycles. The number of nitrogens with zero attached hydrogens (tertiary/aromatic N) is 2. The highest BCUT2D eigenvalue weighted by molar-refractivity contribution is 5.76.